The molecule has 0 atom stereocenters. The summed E-state index contributed by atoms with van der Waals surface area (Å²) in [6, 6.07) is 0. The zero-order valence-corrected chi connectivity index (χ0v) is 4.37. The monoisotopic (exact) mass is 104 g/mol. The van der Waals surface area contributed by atoms with Crippen LogP contribution in [0, 0.1) is 0 Å². The molecule has 0 bridgehead atoms. The fourth-order valence-electron chi connectivity index (χ4n) is 0.428. The fraction of sp³-hybridized carbons (Fsp3) is 1.00. The van der Waals surface area contributed by atoms with Crippen molar-refractivity contribution in [2.45, 2.75) is 0 Å². The zero-order valence-electron chi connectivity index (χ0n) is 3.55. The highest BCUT2D eigenvalue weighted by atomic mass is 32.2. The molecule has 1 aliphatic rings. The Labute approximate surface area is 41.7 Å². The molecule has 0 spiro atoms. The number of hydrogen-bond acceptors (Lipinski definition) is 3. The Hall–Kier alpha value is 0.270. The van der Waals surface area contributed by atoms with Crippen LogP contribution in [0.2, 0.25) is 0 Å². The quantitative estimate of drug-likeness (QED) is 0.434. The summed E-state index contributed by atoms with van der Waals surface area (Å²) in [6.45, 7) is 1.06. The van der Waals surface area contributed by atoms with Gasteiger partial charge in [0.2, 0.25) is 0 Å². The van der Waals surface area contributed by atoms with Gasteiger partial charge in [-0.05, 0) is 0 Å². The molecule has 6 heavy (non-hydrogen) atoms. The Morgan fingerprint density at radius 3 is 2.67 bits per heavy atom. The molecule has 2 N–H and O–H groups in total. The van der Waals surface area contributed by atoms with Crippen LogP contribution in [0.15, 0.2) is 0 Å². The number of hydrogen-bond donors (Lipinski definition) is 1. The fourth-order valence-corrected chi connectivity index (χ4v) is 1.28. The van der Waals surface area contributed by atoms with Gasteiger partial charge in [-0.2, -0.15) is 0 Å². The van der Waals surface area contributed by atoms with Gasteiger partial charge < -0.3 is 0 Å². The van der Waals surface area contributed by atoms with Crippen LogP contribution in [-0.4, -0.2) is 23.2 Å². The smallest absolute Gasteiger partial charge is 0.0585 e. The van der Waals surface area contributed by atoms with Crippen molar-refractivity contribution in [1.82, 2.24) is 5.01 Å². The Bertz CT molecular complexity index is 42.1. The van der Waals surface area contributed by atoms with E-state index in [2.05, 4.69) is 0 Å². The lowest BCUT2D eigenvalue weighted by molar-refractivity contribution is 0.374. The van der Waals surface area contributed by atoms with Gasteiger partial charge in [-0.1, -0.05) is 0 Å². The SMILES string of the molecule is NN1CCSC1. The van der Waals surface area contributed by atoms with E-state index in [4.69, 9.17) is 5.84 Å². The van der Waals surface area contributed by atoms with Gasteiger partial charge >= 0.3 is 0 Å². The standard InChI is InChI=1S/C3H8N2S/c4-5-1-2-6-3-5/h1-4H2. The third-order valence-electron chi connectivity index (χ3n) is 0.780. The summed E-state index contributed by atoms with van der Waals surface area (Å²) >= 11 is 1.88. The van der Waals surface area contributed by atoms with Gasteiger partial charge in [-0.25, -0.2) is 5.01 Å². The van der Waals surface area contributed by atoms with E-state index < -0.39 is 0 Å². The van der Waals surface area contributed by atoms with Crippen molar-refractivity contribution < 1.29 is 0 Å². The third kappa shape index (κ3) is 0.864. The molecule has 0 saturated carbocycles. The highest BCUT2D eigenvalue weighted by Gasteiger charge is 2.04. The minimum atomic E-state index is 1.01. The van der Waals surface area contributed by atoms with E-state index in [-0.39, 0.29) is 0 Å². The van der Waals surface area contributed by atoms with Gasteiger partial charge in [0.15, 0.2) is 0 Å². The molecule has 0 unspecified atom stereocenters. The lowest BCUT2D eigenvalue weighted by atomic mass is 10.7. The van der Waals surface area contributed by atoms with Crippen molar-refractivity contribution in [3.05, 3.63) is 0 Å². The predicted molar refractivity (Wildman–Crippen MR) is 28.2 cm³/mol. The van der Waals surface area contributed by atoms with Crippen LogP contribution in [0.3, 0.4) is 0 Å². The van der Waals surface area contributed by atoms with Gasteiger partial charge in [0.1, 0.15) is 0 Å². The Kier molecular flexibility index (Phi) is 1.34. The second-order valence-corrected chi connectivity index (χ2v) is 2.42. The molecule has 1 aliphatic heterocycles. The van der Waals surface area contributed by atoms with Crippen molar-refractivity contribution in [2.24, 2.45) is 5.84 Å². The largest absolute Gasteiger partial charge is 0.268 e. The lowest BCUT2D eigenvalue weighted by Gasteiger charge is -1.99. The second-order valence-electron chi connectivity index (χ2n) is 1.35. The van der Waals surface area contributed by atoms with E-state index in [0.29, 0.717) is 0 Å². The molecular weight excluding hydrogens is 96.1 g/mol. The summed E-state index contributed by atoms with van der Waals surface area (Å²) in [7, 11) is 0. The summed E-state index contributed by atoms with van der Waals surface area (Å²) in [5.41, 5.74) is 0. The van der Waals surface area contributed by atoms with E-state index in [1.807, 2.05) is 16.8 Å². The highest BCUT2D eigenvalue weighted by molar-refractivity contribution is 7.99. The zero-order chi connectivity index (χ0) is 4.41. The third-order valence-corrected chi connectivity index (χ3v) is 1.77. The van der Waals surface area contributed by atoms with Crippen molar-refractivity contribution in [2.75, 3.05) is 18.2 Å². The first-order chi connectivity index (χ1) is 2.89. The number of nitrogens with zero attached hydrogens (tertiary/aromatic N) is 1. The van der Waals surface area contributed by atoms with Gasteiger partial charge in [0, 0.05) is 12.3 Å². The minimum absolute atomic E-state index is 1.01. The summed E-state index contributed by atoms with van der Waals surface area (Å²) in [5.74, 6) is 7.57. The van der Waals surface area contributed by atoms with Crippen molar-refractivity contribution in [3.63, 3.8) is 0 Å². The van der Waals surface area contributed by atoms with Crippen LogP contribution in [0.4, 0.5) is 0 Å². The molecule has 1 saturated heterocycles. The number of thioether (sulfide) groups is 1. The van der Waals surface area contributed by atoms with Crippen LogP contribution in [0.5, 0.6) is 0 Å². The first-order valence-electron chi connectivity index (χ1n) is 1.97. The molecule has 0 radical (unpaired) electrons. The highest BCUT2D eigenvalue weighted by Crippen LogP contribution is 2.07. The Morgan fingerprint density at radius 1 is 1.67 bits per heavy atom. The molecule has 1 heterocycles. The lowest BCUT2D eigenvalue weighted by Crippen LogP contribution is -2.26. The second kappa shape index (κ2) is 1.82. The maximum atomic E-state index is 5.35. The van der Waals surface area contributed by atoms with E-state index in [9.17, 15) is 0 Å². The summed E-state index contributed by atoms with van der Waals surface area (Å²) in [4.78, 5) is 0. The van der Waals surface area contributed by atoms with Gasteiger partial charge in [-0.15, -0.1) is 11.8 Å². The Morgan fingerprint density at radius 2 is 2.50 bits per heavy atom. The first-order valence-corrected chi connectivity index (χ1v) is 3.12. The minimum Gasteiger partial charge on any atom is -0.268 e. The van der Waals surface area contributed by atoms with Gasteiger partial charge in [-0.3, -0.25) is 5.84 Å². The van der Waals surface area contributed by atoms with Crippen LogP contribution in [0.1, 0.15) is 0 Å². The van der Waals surface area contributed by atoms with Crippen LogP contribution in [0.25, 0.3) is 0 Å². The molecule has 0 aliphatic carbocycles. The molecule has 0 aromatic carbocycles. The average molecular weight is 104 g/mol. The number of nitrogens with two attached hydrogens (primary N) is 1. The number of rotatable bonds is 0. The maximum Gasteiger partial charge on any atom is 0.0585 e. The average Bonchev–Trinajstić information content (AvgIpc) is 1.86. The van der Waals surface area contributed by atoms with E-state index in [1.165, 1.54) is 5.75 Å². The molecule has 36 valence electrons. The van der Waals surface area contributed by atoms with Gasteiger partial charge in [0.25, 0.3) is 0 Å². The summed E-state index contributed by atoms with van der Waals surface area (Å²) in [6.07, 6.45) is 0. The topological polar surface area (TPSA) is 29.3 Å². The summed E-state index contributed by atoms with van der Waals surface area (Å²) in [5, 5.41) is 1.82. The van der Waals surface area contributed by atoms with Crippen molar-refractivity contribution >= 4 is 11.8 Å². The van der Waals surface area contributed by atoms with E-state index in [1.54, 1.807) is 0 Å². The molecule has 0 aromatic rings. The molecule has 0 amide bonds. The molecule has 1 fully saturated rings. The summed E-state index contributed by atoms with van der Waals surface area (Å²) < 4.78 is 0. The first kappa shape index (κ1) is 4.43. The van der Waals surface area contributed by atoms with Crippen LogP contribution >= 0.6 is 11.8 Å². The normalized spacial score (nSPS) is 25.5. The van der Waals surface area contributed by atoms with Crippen molar-refractivity contribution in [1.29, 1.82) is 0 Å². The van der Waals surface area contributed by atoms with Crippen LogP contribution in [-0.2, 0) is 0 Å². The molecular formula is C3H8N2S. The molecule has 3 heteroatoms. The van der Waals surface area contributed by atoms with E-state index in [0.717, 1.165) is 12.4 Å². The molecule has 1 rings (SSSR count). The predicted octanol–water partition coefficient (Wildman–Crippen LogP) is -0.134. The van der Waals surface area contributed by atoms with Gasteiger partial charge in [0.05, 0.1) is 5.88 Å². The van der Waals surface area contributed by atoms with Crippen LogP contribution < -0.4 is 5.84 Å². The Balaban J connectivity index is 2.18. The maximum absolute atomic E-state index is 5.35. The molecule has 2 nitrogen and oxygen atoms in total. The number of hydrazine groups is 1. The molecule has 0 aromatic heterocycles. The van der Waals surface area contributed by atoms with E-state index >= 15 is 0 Å². The van der Waals surface area contributed by atoms with Crippen molar-refractivity contribution in [3.8, 4) is 0 Å².